The number of benzene rings is 1. The van der Waals surface area contributed by atoms with Crippen LogP contribution in [0.15, 0.2) is 30.3 Å². The number of carbonyl (C=O) groups excluding carboxylic acids is 1. The van der Waals surface area contributed by atoms with E-state index >= 15 is 0 Å². The van der Waals surface area contributed by atoms with E-state index in [9.17, 15) is 4.79 Å². The molecule has 2 rings (SSSR count). The molecule has 19 heavy (non-hydrogen) atoms. The first-order valence-electron chi connectivity index (χ1n) is 7.34. The Morgan fingerprint density at radius 1 is 1.42 bits per heavy atom. The van der Waals surface area contributed by atoms with Crippen molar-refractivity contribution < 1.29 is 4.79 Å². The average Bonchev–Trinajstić information content (AvgIpc) is 2.48. The van der Waals surface area contributed by atoms with E-state index in [0.29, 0.717) is 5.92 Å². The fraction of sp³-hybridized carbons (Fsp3) is 0.562. The monoisotopic (exact) mass is 260 g/mol. The molecule has 1 aromatic rings. The zero-order chi connectivity index (χ0) is 13.5. The molecular formula is C16H24N2O. The van der Waals surface area contributed by atoms with Crippen molar-refractivity contribution in [2.75, 3.05) is 19.6 Å². The molecular weight excluding hydrogens is 236 g/mol. The number of rotatable bonds is 5. The van der Waals surface area contributed by atoms with Crippen LogP contribution in [-0.4, -0.2) is 25.5 Å². The third kappa shape index (κ3) is 4.06. The SMILES string of the molecule is CCC(C(=O)NCC1CCCNC1)c1ccccc1. The number of carbonyl (C=O) groups is 1. The van der Waals surface area contributed by atoms with Crippen molar-refractivity contribution in [3.05, 3.63) is 35.9 Å². The molecule has 2 N–H and O–H groups in total. The van der Waals surface area contributed by atoms with Gasteiger partial charge >= 0.3 is 0 Å². The standard InChI is InChI=1S/C16H24N2O/c1-2-15(14-8-4-3-5-9-14)16(19)18-12-13-7-6-10-17-11-13/h3-5,8-9,13,15,17H,2,6-7,10-12H2,1H3,(H,18,19). The third-order valence-electron chi connectivity index (χ3n) is 3.89. The number of piperidine rings is 1. The molecule has 3 heteroatoms. The van der Waals surface area contributed by atoms with E-state index in [2.05, 4.69) is 17.6 Å². The number of hydrogen-bond donors (Lipinski definition) is 2. The van der Waals surface area contributed by atoms with Gasteiger partial charge in [0.05, 0.1) is 5.92 Å². The van der Waals surface area contributed by atoms with Crippen LogP contribution in [0.25, 0.3) is 0 Å². The minimum Gasteiger partial charge on any atom is -0.355 e. The van der Waals surface area contributed by atoms with E-state index in [1.54, 1.807) is 0 Å². The van der Waals surface area contributed by atoms with Crippen molar-refractivity contribution in [1.29, 1.82) is 0 Å². The highest BCUT2D eigenvalue weighted by molar-refractivity contribution is 5.83. The van der Waals surface area contributed by atoms with E-state index in [1.165, 1.54) is 12.8 Å². The second-order valence-corrected chi connectivity index (χ2v) is 5.33. The Hall–Kier alpha value is -1.35. The summed E-state index contributed by atoms with van der Waals surface area (Å²) in [5.74, 6) is 0.739. The molecule has 1 aliphatic heterocycles. The maximum Gasteiger partial charge on any atom is 0.227 e. The molecule has 2 unspecified atom stereocenters. The van der Waals surface area contributed by atoms with Crippen LogP contribution in [0.3, 0.4) is 0 Å². The molecule has 0 spiro atoms. The van der Waals surface area contributed by atoms with Gasteiger partial charge in [-0.05, 0) is 43.8 Å². The first-order valence-corrected chi connectivity index (χ1v) is 7.34. The molecule has 0 aromatic heterocycles. The lowest BCUT2D eigenvalue weighted by molar-refractivity contribution is -0.122. The van der Waals surface area contributed by atoms with Crippen LogP contribution in [0, 0.1) is 5.92 Å². The van der Waals surface area contributed by atoms with Crippen molar-refractivity contribution in [1.82, 2.24) is 10.6 Å². The predicted molar refractivity (Wildman–Crippen MR) is 78.1 cm³/mol. The molecule has 1 fully saturated rings. The van der Waals surface area contributed by atoms with Crippen LogP contribution >= 0.6 is 0 Å². The molecule has 0 bridgehead atoms. The van der Waals surface area contributed by atoms with Crippen molar-refractivity contribution in [2.45, 2.75) is 32.1 Å². The van der Waals surface area contributed by atoms with Crippen LogP contribution in [0.2, 0.25) is 0 Å². The molecule has 1 saturated heterocycles. The Kier molecular flexibility index (Phi) is 5.40. The normalized spacial score (nSPS) is 20.8. The summed E-state index contributed by atoms with van der Waals surface area (Å²) in [5.41, 5.74) is 1.12. The molecule has 1 aliphatic rings. The quantitative estimate of drug-likeness (QED) is 0.853. The smallest absolute Gasteiger partial charge is 0.227 e. The molecule has 2 atom stereocenters. The molecule has 0 saturated carbocycles. The highest BCUT2D eigenvalue weighted by Gasteiger charge is 2.20. The first kappa shape index (κ1) is 14.1. The minimum absolute atomic E-state index is 0.0160. The fourth-order valence-corrected chi connectivity index (χ4v) is 2.72. The van der Waals surface area contributed by atoms with Gasteiger partial charge in [-0.2, -0.15) is 0 Å². The van der Waals surface area contributed by atoms with Gasteiger partial charge in [-0.1, -0.05) is 37.3 Å². The number of nitrogens with one attached hydrogen (secondary N) is 2. The summed E-state index contributed by atoms with van der Waals surface area (Å²) in [6.45, 7) is 5.02. The summed E-state index contributed by atoms with van der Waals surface area (Å²) >= 11 is 0. The van der Waals surface area contributed by atoms with Crippen LogP contribution in [0.1, 0.15) is 37.7 Å². The van der Waals surface area contributed by atoms with E-state index < -0.39 is 0 Å². The highest BCUT2D eigenvalue weighted by atomic mass is 16.1. The van der Waals surface area contributed by atoms with Gasteiger partial charge in [-0.3, -0.25) is 4.79 Å². The third-order valence-corrected chi connectivity index (χ3v) is 3.89. The van der Waals surface area contributed by atoms with E-state index in [0.717, 1.165) is 31.6 Å². The molecule has 1 amide bonds. The Bertz CT molecular complexity index is 385. The molecule has 1 heterocycles. The summed E-state index contributed by atoms with van der Waals surface area (Å²) < 4.78 is 0. The average molecular weight is 260 g/mol. The van der Waals surface area contributed by atoms with Gasteiger partial charge in [-0.15, -0.1) is 0 Å². The van der Waals surface area contributed by atoms with Crippen molar-refractivity contribution >= 4 is 5.91 Å². The van der Waals surface area contributed by atoms with Crippen LogP contribution in [0.5, 0.6) is 0 Å². The molecule has 104 valence electrons. The zero-order valence-corrected chi connectivity index (χ0v) is 11.7. The highest BCUT2D eigenvalue weighted by Crippen LogP contribution is 2.19. The second kappa shape index (κ2) is 7.29. The topological polar surface area (TPSA) is 41.1 Å². The summed E-state index contributed by atoms with van der Waals surface area (Å²) in [6, 6.07) is 10.1. The fourth-order valence-electron chi connectivity index (χ4n) is 2.72. The van der Waals surface area contributed by atoms with Crippen molar-refractivity contribution in [3.63, 3.8) is 0 Å². The molecule has 1 aromatic carbocycles. The molecule has 3 nitrogen and oxygen atoms in total. The Morgan fingerprint density at radius 2 is 2.21 bits per heavy atom. The van der Waals surface area contributed by atoms with Gasteiger partial charge in [0, 0.05) is 6.54 Å². The maximum atomic E-state index is 12.3. The predicted octanol–water partition coefficient (Wildman–Crippen LogP) is 2.30. The first-order chi connectivity index (χ1) is 9.31. The van der Waals surface area contributed by atoms with Gasteiger partial charge in [0.1, 0.15) is 0 Å². The lowest BCUT2D eigenvalue weighted by Crippen LogP contribution is -2.39. The van der Waals surface area contributed by atoms with Crippen molar-refractivity contribution in [3.8, 4) is 0 Å². The Balaban J connectivity index is 1.86. The lowest BCUT2D eigenvalue weighted by atomic mass is 9.94. The summed E-state index contributed by atoms with van der Waals surface area (Å²) in [4.78, 5) is 12.3. The Labute approximate surface area is 115 Å². The summed E-state index contributed by atoms with van der Waals surface area (Å²) in [6.07, 6.45) is 3.28. The van der Waals surface area contributed by atoms with Gasteiger partial charge in [-0.25, -0.2) is 0 Å². The van der Waals surface area contributed by atoms with E-state index in [-0.39, 0.29) is 11.8 Å². The van der Waals surface area contributed by atoms with Gasteiger partial charge in [0.15, 0.2) is 0 Å². The van der Waals surface area contributed by atoms with Gasteiger partial charge in [0.2, 0.25) is 5.91 Å². The molecule has 0 radical (unpaired) electrons. The number of hydrogen-bond acceptors (Lipinski definition) is 2. The summed E-state index contributed by atoms with van der Waals surface area (Å²) in [7, 11) is 0. The maximum absolute atomic E-state index is 12.3. The lowest BCUT2D eigenvalue weighted by Gasteiger charge is -2.24. The van der Waals surface area contributed by atoms with Crippen LogP contribution in [0.4, 0.5) is 0 Å². The second-order valence-electron chi connectivity index (χ2n) is 5.33. The van der Waals surface area contributed by atoms with Gasteiger partial charge in [0.25, 0.3) is 0 Å². The van der Waals surface area contributed by atoms with E-state index in [4.69, 9.17) is 0 Å². The van der Waals surface area contributed by atoms with Crippen LogP contribution in [-0.2, 0) is 4.79 Å². The van der Waals surface area contributed by atoms with E-state index in [1.807, 2.05) is 30.3 Å². The van der Waals surface area contributed by atoms with Crippen molar-refractivity contribution in [2.24, 2.45) is 5.92 Å². The number of amides is 1. The molecule has 0 aliphatic carbocycles. The zero-order valence-electron chi connectivity index (χ0n) is 11.7. The van der Waals surface area contributed by atoms with Gasteiger partial charge < -0.3 is 10.6 Å². The minimum atomic E-state index is -0.0160. The van der Waals surface area contributed by atoms with Crippen LogP contribution < -0.4 is 10.6 Å². The Morgan fingerprint density at radius 3 is 2.84 bits per heavy atom. The summed E-state index contributed by atoms with van der Waals surface area (Å²) in [5, 5.41) is 6.51. The largest absolute Gasteiger partial charge is 0.355 e.